The maximum atomic E-state index is 12.9. The molecular formula is C23H27N5O3. The Balaban J connectivity index is 1.86. The number of methoxy groups -OCH3 is 2. The lowest BCUT2D eigenvalue weighted by Crippen LogP contribution is -2.18. The Labute approximate surface area is 180 Å². The molecule has 0 fully saturated rings. The molecule has 8 heteroatoms. The first-order chi connectivity index (χ1) is 15.0. The van der Waals surface area contributed by atoms with Crippen molar-refractivity contribution in [3.63, 3.8) is 0 Å². The Morgan fingerprint density at radius 1 is 1.13 bits per heavy atom. The van der Waals surface area contributed by atoms with Gasteiger partial charge in [0, 0.05) is 41.7 Å². The van der Waals surface area contributed by atoms with Crippen molar-refractivity contribution in [2.45, 2.75) is 39.7 Å². The average molecular weight is 422 g/mol. The third-order valence-electron chi connectivity index (χ3n) is 5.62. The van der Waals surface area contributed by atoms with Crippen LogP contribution in [0.25, 0.3) is 16.8 Å². The predicted molar refractivity (Wildman–Crippen MR) is 119 cm³/mol. The molecule has 1 atom stereocenters. The van der Waals surface area contributed by atoms with Gasteiger partial charge in [0.1, 0.15) is 0 Å². The third kappa shape index (κ3) is 3.69. The molecule has 0 spiro atoms. The number of ether oxygens (including phenoxy) is 2. The lowest BCUT2D eigenvalue weighted by atomic mass is 10.0. The number of hydrogen-bond acceptors (Lipinski definition) is 5. The van der Waals surface area contributed by atoms with Crippen LogP contribution in [0.4, 0.5) is 0 Å². The minimum atomic E-state index is -0.134. The molecule has 8 nitrogen and oxygen atoms in total. The molecule has 0 bridgehead atoms. The van der Waals surface area contributed by atoms with E-state index in [-0.39, 0.29) is 11.5 Å². The summed E-state index contributed by atoms with van der Waals surface area (Å²) in [7, 11) is 3.22. The molecule has 0 aliphatic carbocycles. The van der Waals surface area contributed by atoms with Gasteiger partial charge in [-0.2, -0.15) is 5.10 Å². The maximum absolute atomic E-state index is 12.9. The predicted octanol–water partition coefficient (Wildman–Crippen LogP) is 3.58. The van der Waals surface area contributed by atoms with Crippen LogP contribution in [-0.2, 0) is 13.0 Å². The zero-order valence-electron chi connectivity index (χ0n) is 18.5. The molecule has 0 saturated heterocycles. The maximum Gasteiger partial charge on any atom is 0.272 e. The van der Waals surface area contributed by atoms with E-state index in [1.807, 2.05) is 42.8 Å². The monoisotopic (exact) mass is 421 g/mol. The number of fused-ring (bicyclic) bond motifs is 1. The van der Waals surface area contributed by atoms with Gasteiger partial charge in [-0.1, -0.05) is 19.9 Å². The van der Waals surface area contributed by atoms with Crippen LogP contribution in [0.2, 0.25) is 0 Å². The number of aromatic nitrogens is 5. The summed E-state index contributed by atoms with van der Waals surface area (Å²) in [4.78, 5) is 17.8. The second-order valence-electron chi connectivity index (χ2n) is 7.62. The molecule has 4 rings (SSSR count). The number of aromatic amines is 1. The molecule has 3 aromatic heterocycles. The number of nitrogens with zero attached hydrogens (tertiary/aromatic N) is 4. The first-order valence-electron chi connectivity index (χ1n) is 10.3. The fourth-order valence-electron chi connectivity index (χ4n) is 3.85. The molecule has 1 N–H and O–H groups in total. The number of benzene rings is 1. The first-order valence-corrected chi connectivity index (χ1v) is 10.3. The summed E-state index contributed by atoms with van der Waals surface area (Å²) in [5.41, 5.74) is 5.03. The highest BCUT2D eigenvalue weighted by Crippen LogP contribution is 2.35. The molecule has 0 unspecified atom stereocenters. The van der Waals surface area contributed by atoms with Crippen molar-refractivity contribution < 1.29 is 9.47 Å². The van der Waals surface area contributed by atoms with Crippen molar-refractivity contribution in [2.75, 3.05) is 14.2 Å². The van der Waals surface area contributed by atoms with E-state index >= 15 is 0 Å². The normalized spacial score (nSPS) is 12.3. The van der Waals surface area contributed by atoms with Gasteiger partial charge in [0.15, 0.2) is 17.1 Å². The Morgan fingerprint density at radius 2 is 1.90 bits per heavy atom. The van der Waals surface area contributed by atoms with Crippen LogP contribution in [-0.4, -0.2) is 38.6 Å². The highest BCUT2D eigenvalue weighted by molar-refractivity contribution is 5.81. The van der Waals surface area contributed by atoms with E-state index in [0.29, 0.717) is 23.7 Å². The summed E-state index contributed by atoms with van der Waals surface area (Å²) in [6.45, 7) is 6.77. The standard InChI is InChI=1S/C23H27N5O3/c1-6-17-22(16-7-8-19(30-4)20(11-16)31-5)23-25-18(12-21(29)28(23)26-17)14(2)13-27-15(3)9-10-24-27/h7-12,14,26H,6,13H2,1-5H3/t14-/m0/s1. The molecule has 0 aliphatic rings. The summed E-state index contributed by atoms with van der Waals surface area (Å²) >= 11 is 0. The SMILES string of the molecule is CCc1[nH]n2c(=O)cc([C@@H](C)Cn3nccc3C)nc2c1-c1ccc(OC)c(OC)c1. The molecule has 0 aliphatic heterocycles. The van der Waals surface area contributed by atoms with E-state index < -0.39 is 0 Å². The number of nitrogens with one attached hydrogen (secondary N) is 1. The molecular weight excluding hydrogens is 394 g/mol. The van der Waals surface area contributed by atoms with Crippen LogP contribution in [0, 0.1) is 6.92 Å². The van der Waals surface area contributed by atoms with Crippen molar-refractivity contribution >= 4 is 5.65 Å². The number of aryl methyl sites for hydroxylation is 2. The van der Waals surface area contributed by atoms with Crippen molar-refractivity contribution in [1.82, 2.24) is 24.4 Å². The molecule has 162 valence electrons. The lowest BCUT2D eigenvalue weighted by molar-refractivity contribution is 0.355. The minimum absolute atomic E-state index is 0.0227. The van der Waals surface area contributed by atoms with Crippen LogP contribution in [0.15, 0.2) is 41.3 Å². The summed E-state index contributed by atoms with van der Waals surface area (Å²) in [5.74, 6) is 1.30. The zero-order chi connectivity index (χ0) is 22.1. The zero-order valence-corrected chi connectivity index (χ0v) is 18.5. The van der Waals surface area contributed by atoms with Gasteiger partial charge < -0.3 is 9.47 Å². The van der Waals surface area contributed by atoms with E-state index in [1.54, 1.807) is 26.5 Å². The molecule has 4 aromatic rings. The molecule has 31 heavy (non-hydrogen) atoms. The minimum Gasteiger partial charge on any atom is -0.493 e. The smallest absolute Gasteiger partial charge is 0.272 e. The molecule has 0 amide bonds. The Hall–Kier alpha value is -3.55. The number of rotatable bonds is 7. The van der Waals surface area contributed by atoms with Crippen molar-refractivity contribution in [3.8, 4) is 22.6 Å². The lowest BCUT2D eigenvalue weighted by Gasteiger charge is -2.13. The fourth-order valence-corrected chi connectivity index (χ4v) is 3.85. The molecule has 0 saturated carbocycles. The van der Waals surface area contributed by atoms with E-state index in [0.717, 1.165) is 34.6 Å². The third-order valence-corrected chi connectivity index (χ3v) is 5.62. The van der Waals surface area contributed by atoms with Crippen LogP contribution >= 0.6 is 0 Å². The van der Waals surface area contributed by atoms with Gasteiger partial charge in [0.05, 0.1) is 19.9 Å². The molecule has 0 radical (unpaired) electrons. The fraction of sp³-hybridized carbons (Fsp3) is 0.348. The Bertz CT molecular complexity index is 1280. The highest BCUT2D eigenvalue weighted by Gasteiger charge is 2.20. The highest BCUT2D eigenvalue weighted by atomic mass is 16.5. The van der Waals surface area contributed by atoms with E-state index in [2.05, 4.69) is 17.1 Å². The Kier molecular flexibility index (Phi) is 5.54. The first kappa shape index (κ1) is 20.7. The van der Waals surface area contributed by atoms with Crippen molar-refractivity contribution in [2.24, 2.45) is 0 Å². The van der Waals surface area contributed by atoms with Gasteiger partial charge in [-0.15, -0.1) is 0 Å². The summed E-state index contributed by atoms with van der Waals surface area (Å²) in [6.07, 6.45) is 2.51. The topological polar surface area (TPSA) is 86.4 Å². The largest absolute Gasteiger partial charge is 0.493 e. The Morgan fingerprint density at radius 3 is 2.55 bits per heavy atom. The second kappa shape index (κ2) is 8.29. The van der Waals surface area contributed by atoms with Crippen LogP contribution in [0.3, 0.4) is 0 Å². The number of hydrogen-bond donors (Lipinski definition) is 1. The quantitative estimate of drug-likeness (QED) is 0.493. The van der Waals surface area contributed by atoms with Gasteiger partial charge in [-0.25, -0.2) is 9.50 Å². The second-order valence-corrected chi connectivity index (χ2v) is 7.62. The average Bonchev–Trinajstić information content (AvgIpc) is 3.36. The van der Waals surface area contributed by atoms with Gasteiger partial charge >= 0.3 is 0 Å². The van der Waals surface area contributed by atoms with Crippen molar-refractivity contribution in [1.29, 1.82) is 0 Å². The van der Waals surface area contributed by atoms with Crippen LogP contribution in [0.1, 0.15) is 36.8 Å². The number of H-pyrrole nitrogens is 1. The summed E-state index contributed by atoms with van der Waals surface area (Å²) < 4.78 is 14.3. The van der Waals surface area contributed by atoms with E-state index in [1.165, 1.54) is 4.52 Å². The van der Waals surface area contributed by atoms with Gasteiger partial charge in [-0.05, 0) is 37.1 Å². The van der Waals surface area contributed by atoms with E-state index in [9.17, 15) is 4.79 Å². The van der Waals surface area contributed by atoms with Gasteiger partial charge in [0.2, 0.25) is 0 Å². The van der Waals surface area contributed by atoms with E-state index in [4.69, 9.17) is 14.5 Å². The van der Waals surface area contributed by atoms with Crippen molar-refractivity contribution in [3.05, 3.63) is 64.0 Å². The molecule has 3 heterocycles. The molecule has 1 aromatic carbocycles. The van der Waals surface area contributed by atoms with Gasteiger partial charge in [-0.3, -0.25) is 14.6 Å². The van der Waals surface area contributed by atoms with Gasteiger partial charge in [0.25, 0.3) is 5.56 Å². The van der Waals surface area contributed by atoms with Crippen LogP contribution in [0.5, 0.6) is 11.5 Å². The summed E-state index contributed by atoms with van der Waals surface area (Å²) in [5, 5.41) is 7.58. The van der Waals surface area contributed by atoms with Crippen LogP contribution < -0.4 is 15.0 Å². The summed E-state index contributed by atoms with van der Waals surface area (Å²) in [6, 6.07) is 9.30.